The van der Waals surface area contributed by atoms with Gasteiger partial charge in [0.1, 0.15) is 0 Å². The van der Waals surface area contributed by atoms with Gasteiger partial charge in [-0.2, -0.15) is 0 Å². The topological polar surface area (TPSA) is 244 Å². The standard InChI is InChI=1S/2C9H17BN2O5/c2*11-4-3-8(13)12-7-2-1-6(5-9(14)15)17-10(7)16/h2*6-7,16H,1-5,11H2,(H,12,13)(H,14,15)/t2*6-,7-/m00/s1. The maximum absolute atomic E-state index is 11.3. The Kier molecular flexibility index (Phi) is 13.7. The molecule has 10 N–H and O–H groups in total. The van der Waals surface area contributed by atoms with Crippen molar-refractivity contribution < 1.29 is 48.7 Å². The molecule has 2 heterocycles. The Labute approximate surface area is 198 Å². The summed E-state index contributed by atoms with van der Waals surface area (Å²) in [6, 6.07) is 0. The predicted molar refractivity (Wildman–Crippen MR) is 120 cm³/mol. The summed E-state index contributed by atoms with van der Waals surface area (Å²) in [6.45, 7) is 0.494. The molecule has 0 unspecified atom stereocenters. The zero-order valence-corrected chi connectivity index (χ0v) is 18.9. The molecule has 0 bridgehead atoms. The summed E-state index contributed by atoms with van der Waals surface area (Å²) in [5.41, 5.74) is 10.5. The highest BCUT2D eigenvalue weighted by Gasteiger charge is 2.37. The molecule has 0 spiro atoms. The van der Waals surface area contributed by atoms with E-state index in [4.69, 9.17) is 31.0 Å². The second-order valence-electron chi connectivity index (χ2n) is 8.07. The van der Waals surface area contributed by atoms with Crippen molar-refractivity contribution in [3.8, 4) is 0 Å². The van der Waals surface area contributed by atoms with Crippen LogP contribution in [0.25, 0.3) is 0 Å². The number of carboxylic acid groups (broad SMARTS) is 2. The normalized spacial score (nSPS) is 24.5. The van der Waals surface area contributed by atoms with Crippen LogP contribution in [-0.2, 0) is 28.5 Å². The van der Waals surface area contributed by atoms with E-state index in [0.717, 1.165) is 0 Å². The van der Waals surface area contributed by atoms with Gasteiger partial charge in [0.05, 0.1) is 36.9 Å². The van der Waals surface area contributed by atoms with Gasteiger partial charge in [-0.15, -0.1) is 0 Å². The maximum atomic E-state index is 11.3. The fraction of sp³-hybridized carbons (Fsp3) is 0.778. The molecule has 14 nitrogen and oxygen atoms in total. The molecule has 0 aromatic rings. The van der Waals surface area contributed by atoms with E-state index in [-0.39, 0.29) is 50.6 Å². The molecule has 2 aliphatic heterocycles. The number of amides is 2. The Morgan fingerprint density at radius 1 is 0.735 bits per heavy atom. The number of nitrogens with one attached hydrogen (secondary N) is 2. The lowest BCUT2D eigenvalue weighted by atomic mass is 9.72. The molecule has 0 aromatic heterocycles. The molecule has 0 aliphatic carbocycles. The van der Waals surface area contributed by atoms with Crippen molar-refractivity contribution in [2.24, 2.45) is 11.5 Å². The van der Waals surface area contributed by atoms with Crippen molar-refractivity contribution in [3.63, 3.8) is 0 Å². The summed E-state index contributed by atoms with van der Waals surface area (Å²) in [4.78, 5) is 43.5. The minimum atomic E-state index is -1.16. The van der Waals surface area contributed by atoms with Crippen LogP contribution in [-0.4, -0.2) is 95.4 Å². The van der Waals surface area contributed by atoms with Crippen LogP contribution in [0.2, 0.25) is 0 Å². The third-order valence-corrected chi connectivity index (χ3v) is 5.19. The third kappa shape index (κ3) is 11.8. The van der Waals surface area contributed by atoms with E-state index in [2.05, 4.69) is 10.6 Å². The van der Waals surface area contributed by atoms with E-state index in [1.165, 1.54) is 0 Å². The van der Waals surface area contributed by atoms with E-state index >= 15 is 0 Å². The monoisotopic (exact) mass is 488 g/mol. The summed E-state index contributed by atoms with van der Waals surface area (Å²) in [6.07, 6.45) is 1.11. The quantitative estimate of drug-likeness (QED) is 0.143. The third-order valence-electron chi connectivity index (χ3n) is 5.19. The number of hydrogen-bond acceptors (Lipinski definition) is 10. The first-order valence-electron chi connectivity index (χ1n) is 11.1. The lowest BCUT2D eigenvalue weighted by Crippen LogP contribution is -2.53. The molecule has 2 saturated heterocycles. The van der Waals surface area contributed by atoms with Crippen molar-refractivity contribution in [1.29, 1.82) is 0 Å². The average Bonchev–Trinajstić information content (AvgIpc) is 2.72. The largest absolute Gasteiger partial charge is 0.481 e. The number of rotatable bonds is 10. The molecule has 0 aromatic carbocycles. The Morgan fingerprint density at radius 3 is 1.35 bits per heavy atom. The molecular formula is C18H34B2N4O10. The number of carbonyl (C=O) groups is 4. The number of aliphatic carboxylic acids is 2. The van der Waals surface area contributed by atoms with Gasteiger partial charge >= 0.3 is 26.2 Å². The summed E-state index contributed by atoms with van der Waals surface area (Å²) in [5.74, 6) is -3.38. The number of hydrogen-bond donors (Lipinski definition) is 8. The second-order valence-corrected chi connectivity index (χ2v) is 8.07. The Bertz CT molecular complexity index is 633. The van der Waals surface area contributed by atoms with Crippen LogP contribution in [0.4, 0.5) is 0 Å². The summed E-state index contributed by atoms with van der Waals surface area (Å²) in [5, 5.41) is 41.6. The van der Waals surface area contributed by atoms with E-state index in [1.807, 2.05) is 0 Å². The van der Waals surface area contributed by atoms with Gasteiger partial charge in [0.25, 0.3) is 0 Å². The van der Waals surface area contributed by atoms with Gasteiger partial charge in [-0.05, 0) is 25.7 Å². The first-order chi connectivity index (χ1) is 16.0. The molecule has 2 rings (SSSR count). The summed E-state index contributed by atoms with van der Waals surface area (Å²) >= 11 is 0. The number of carboxylic acids is 2. The van der Waals surface area contributed by atoms with Crippen molar-refractivity contribution in [3.05, 3.63) is 0 Å². The Hall–Kier alpha value is -2.23. The van der Waals surface area contributed by atoms with Crippen molar-refractivity contribution in [1.82, 2.24) is 10.6 Å². The van der Waals surface area contributed by atoms with Gasteiger partial charge in [0.2, 0.25) is 11.8 Å². The van der Waals surface area contributed by atoms with Gasteiger partial charge in [0, 0.05) is 25.9 Å². The van der Waals surface area contributed by atoms with Crippen molar-refractivity contribution in [2.75, 3.05) is 13.1 Å². The molecule has 4 atom stereocenters. The summed E-state index contributed by atoms with van der Waals surface area (Å²) < 4.78 is 10.2. The molecule has 0 saturated carbocycles. The van der Waals surface area contributed by atoms with Crippen LogP contribution in [0.15, 0.2) is 0 Å². The first-order valence-corrected chi connectivity index (χ1v) is 11.1. The zero-order chi connectivity index (χ0) is 25.7. The van der Waals surface area contributed by atoms with E-state index in [0.29, 0.717) is 25.7 Å². The van der Waals surface area contributed by atoms with Crippen LogP contribution in [0.5, 0.6) is 0 Å². The molecule has 34 heavy (non-hydrogen) atoms. The molecule has 2 amide bonds. The van der Waals surface area contributed by atoms with Gasteiger partial charge in [-0.1, -0.05) is 0 Å². The highest BCUT2D eigenvalue weighted by molar-refractivity contribution is 6.46. The van der Waals surface area contributed by atoms with E-state index in [1.54, 1.807) is 0 Å². The van der Waals surface area contributed by atoms with E-state index in [9.17, 15) is 29.2 Å². The number of nitrogens with two attached hydrogens (primary N) is 2. The Morgan fingerprint density at radius 2 is 1.09 bits per heavy atom. The lowest BCUT2D eigenvalue weighted by Gasteiger charge is -2.30. The zero-order valence-electron chi connectivity index (χ0n) is 18.9. The van der Waals surface area contributed by atoms with E-state index < -0.39 is 50.3 Å². The number of carbonyl (C=O) groups excluding carboxylic acids is 2. The van der Waals surface area contributed by atoms with Gasteiger partial charge in [-0.3, -0.25) is 19.2 Å². The fourth-order valence-electron chi connectivity index (χ4n) is 3.53. The van der Waals surface area contributed by atoms with Gasteiger partial charge in [-0.25, -0.2) is 0 Å². The van der Waals surface area contributed by atoms with Crippen molar-refractivity contribution >= 4 is 38.0 Å². The highest BCUT2D eigenvalue weighted by Crippen LogP contribution is 2.19. The first kappa shape index (κ1) is 29.8. The Balaban J connectivity index is 0.000000340. The smallest absolute Gasteiger partial charge is 0.478 e. The average molecular weight is 488 g/mol. The van der Waals surface area contributed by atoms with Crippen LogP contribution in [0, 0.1) is 0 Å². The highest BCUT2D eigenvalue weighted by atomic mass is 16.5. The summed E-state index contributed by atoms with van der Waals surface area (Å²) in [7, 11) is -2.32. The molecule has 0 radical (unpaired) electrons. The molecule has 16 heteroatoms. The molecule has 192 valence electrons. The van der Waals surface area contributed by atoms with Crippen LogP contribution in [0.3, 0.4) is 0 Å². The minimum absolute atomic E-state index is 0.138. The molecule has 2 fully saturated rings. The second kappa shape index (κ2) is 15.6. The van der Waals surface area contributed by atoms with Crippen molar-refractivity contribution in [2.45, 2.75) is 75.5 Å². The van der Waals surface area contributed by atoms with Gasteiger partial charge < -0.3 is 51.7 Å². The predicted octanol–water partition coefficient (Wildman–Crippen LogP) is -3.01. The van der Waals surface area contributed by atoms with Crippen LogP contribution < -0.4 is 22.1 Å². The SMILES string of the molecule is NCCC(=O)N[C@H]1CC[C@@H](CC(=O)O)OB1O.NCCC(=O)N[C@H]1CC[C@@H](CC(=O)O)OB1O. The van der Waals surface area contributed by atoms with Crippen LogP contribution in [0.1, 0.15) is 51.4 Å². The fourth-order valence-corrected chi connectivity index (χ4v) is 3.53. The van der Waals surface area contributed by atoms with Gasteiger partial charge in [0.15, 0.2) is 0 Å². The van der Waals surface area contributed by atoms with Crippen LogP contribution >= 0.6 is 0 Å². The maximum Gasteiger partial charge on any atom is 0.478 e. The lowest BCUT2D eigenvalue weighted by molar-refractivity contribution is -0.140. The molecule has 2 aliphatic rings. The minimum Gasteiger partial charge on any atom is -0.481 e. The molecular weight excluding hydrogens is 454 g/mol.